The fraction of sp³-hybridized carbons (Fsp3) is 0.900. The zero-order valence-electron chi connectivity index (χ0n) is 9.30. The lowest BCUT2D eigenvalue weighted by atomic mass is 9.85. The van der Waals surface area contributed by atoms with Crippen molar-refractivity contribution in [2.24, 2.45) is 5.41 Å². The van der Waals surface area contributed by atoms with Crippen molar-refractivity contribution < 1.29 is 9.63 Å². The quantitative estimate of drug-likeness (QED) is 0.655. The summed E-state index contributed by atoms with van der Waals surface area (Å²) in [5.74, 6) is 0. The highest BCUT2D eigenvalue weighted by atomic mass is 16.6. The maximum absolute atomic E-state index is 11.5. The average Bonchev–Trinajstić information content (AvgIpc) is 2.27. The maximum Gasteiger partial charge on any atom is 0.341 e. The van der Waals surface area contributed by atoms with Gasteiger partial charge in [-0.3, -0.25) is 4.84 Å². The van der Waals surface area contributed by atoms with E-state index in [2.05, 4.69) is 24.2 Å². The molecular formula is C10H20N2O2. The van der Waals surface area contributed by atoms with Crippen molar-refractivity contribution in [2.75, 3.05) is 20.2 Å². The molecule has 1 aliphatic heterocycles. The van der Waals surface area contributed by atoms with Gasteiger partial charge in [0.2, 0.25) is 0 Å². The zero-order chi connectivity index (χ0) is 10.6. The van der Waals surface area contributed by atoms with Gasteiger partial charge in [0.25, 0.3) is 0 Å². The van der Waals surface area contributed by atoms with Crippen LogP contribution in [-0.4, -0.2) is 31.1 Å². The van der Waals surface area contributed by atoms with E-state index >= 15 is 0 Å². The summed E-state index contributed by atoms with van der Waals surface area (Å²) in [6.07, 6.45) is 3.32. The Balaban J connectivity index is 2.45. The molecule has 0 unspecified atom stereocenters. The van der Waals surface area contributed by atoms with Crippen LogP contribution < -0.4 is 5.48 Å². The van der Waals surface area contributed by atoms with E-state index < -0.39 is 0 Å². The molecule has 0 bridgehead atoms. The lowest BCUT2D eigenvalue weighted by molar-refractivity contribution is 0.0868. The van der Waals surface area contributed by atoms with E-state index in [9.17, 15) is 4.79 Å². The molecule has 0 spiro atoms. The Morgan fingerprint density at radius 2 is 2.07 bits per heavy atom. The van der Waals surface area contributed by atoms with E-state index in [-0.39, 0.29) is 6.03 Å². The van der Waals surface area contributed by atoms with Gasteiger partial charge in [-0.15, -0.1) is 0 Å². The third-order valence-electron chi connectivity index (χ3n) is 2.82. The van der Waals surface area contributed by atoms with E-state index in [4.69, 9.17) is 0 Å². The second-order valence-electron chi connectivity index (χ2n) is 4.62. The van der Waals surface area contributed by atoms with Crippen LogP contribution >= 0.6 is 0 Å². The van der Waals surface area contributed by atoms with E-state index in [1.54, 1.807) is 0 Å². The normalized spacial score (nSPS) is 21.5. The highest BCUT2D eigenvalue weighted by Gasteiger charge is 2.25. The van der Waals surface area contributed by atoms with Gasteiger partial charge in [-0.1, -0.05) is 13.8 Å². The standard InChI is InChI=1S/C10H20N2O2/c1-10(2)5-4-7-12(8-6-10)9(13)11-14-3/h4-8H2,1-3H3,(H,11,13). The summed E-state index contributed by atoms with van der Waals surface area (Å²) in [6.45, 7) is 6.16. The Morgan fingerprint density at radius 1 is 1.36 bits per heavy atom. The Bertz CT molecular complexity index is 204. The van der Waals surface area contributed by atoms with Gasteiger partial charge in [0.15, 0.2) is 0 Å². The number of likely N-dealkylation sites (tertiary alicyclic amines) is 1. The first-order chi connectivity index (χ1) is 6.55. The van der Waals surface area contributed by atoms with E-state index in [1.165, 1.54) is 13.5 Å². The maximum atomic E-state index is 11.5. The highest BCUT2D eigenvalue weighted by Crippen LogP contribution is 2.29. The molecule has 1 fully saturated rings. The molecule has 1 aliphatic rings. The average molecular weight is 200 g/mol. The lowest BCUT2D eigenvalue weighted by Gasteiger charge is -2.23. The molecule has 82 valence electrons. The molecule has 14 heavy (non-hydrogen) atoms. The molecule has 1 heterocycles. The third-order valence-corrected chi connectivity index (χ3v) is 2.82. The van der Waals surface area contributed by atoms with Crippen LogP contribution in [0.2, 0.25) is 0 Å². The molecule has 0 aromatic heterocycles. The predicted molar refractivity (Wildman–Crippen MR) is 54.7 cm³/mol. The first-order valence-electron chi connectivity index (χ1n) is 5.13. The molecule has 1 N–H and O–H groups in total. The van der Waals surface area contributed by atoms with Crippen molar-refractivity contribution in [2.45, 2.75) is 33.1 Å². The summed E-state index contributed by atoms with van der Waals surface area (Å²) < 4.78 is 0. The summed E-state index contributed by atoms with van der Waals surface area (Å²) >= 11 is 0. The van der Waals surface area contributed by atoms with Crippen LogP contribution in [0.25, 0.3) is 0 Å². The van der Waals surface area contributed by atoms with Crippen LogP contribution in [0.5, 0.6) is 0 Å². The topological polar surface area (TPSA) is 41.6 Å². The monoisotopic (exact) mass is 200 g/mol. The van der Waals surface area contributed by atoms with Crippen LogP contribution in [0.1, 0.15) is 33.1 Å². The van der Waals surface area contributed by atoms with Crippen molar-refractivity contribution in [3.05, 3.63) is 0 Å². The van der Waals surface area contributed by atoms with Crippen molar-refractivity contribution in [3.8, 4) is 0 Å². The van der Waals surface area contributed by atoms with Crippen LogP contribution in [0, 0.1) is 5.41 Å². The first kappa shape index (κ1) is 11.3. The Labute approximate surface area is 85.6 Å². The van der Waals surface area contributed by atoms with Gasteiger partial charge >= 0.3 is 6.03 Å². The number of nitrogens with one attached hydrogen (secondary N) is 1. The first-order valence-corrected chi connectivity index (χ1v) is 5.13. The van der Waals surface area contributed by atoms with Crippen molar-refractivity contribution >= 4 is 6.03 Å². The number of carbonyl (C=O) groups excluding carboxylic acids is 1. The molecule has 2 amide bonds. The van der Waals surface area contributed by atoms with Gasteiger partial charge in [0.05, 0.1) is 7.11 Å². The van der Waals surface area contributed by atoms with Crippen LogP contribution in [0.4, 0.5) is 4.79 Å². The number of rotatable bonds is 1. The Morgan fingerprint density at radius 3 is 2.71 bits per heavy atom. The zero-order valence-corrected chi connectivity index (χ0v) is 9.30. The molecule has 0 radical (unpaired) electrons. The van der Waals surface area contributed by atoms with Crippen LogP contribution in [-0.2, 0) is 4.84 Å². The van der Waals surface area contributed by atoms with E-state index in [0.29, 0.717) is 5.41 Å². The van der Waals surface area contributed by atoms with Crippen molar-refractivity contribution in [1.82, 2.24) is 10.4 Å². The molecule has 4 nitrogen and oxygen atoms in total. The minimum Gasteiger partial charge on any atom is -0.323 e. The summed E-state index contributed by atoms with van der Waals surface area (Å²) in [5.41, 5.74) is 2.72. The fourth-order valence-corrected chi connectivity index (χ4v) is 1.78. The molecule has 1 saturated heterocycles. The van der Waals surface area contributed by atoms with Gasteiger partial charge in [-0.05, 0) is 24.7 Å². The summed E-state index contributed by atoms with van der Waals surface area (Å²) in [6, 6.07) is -0.120. The lowest BCUT2D eigenvalue weighted by Crippen LogP contribution is -2.40. The molecule has 1 rings (SSSR count). The molecule has 0 aliphatic carbocycles. The van der Waals surface area contributed by atoms with Crippen LogP contribution in [0.3, 0.4) is 0 Å². The van der Waals surface area contributed by atoms with Crippen molar-refractivity contribution in [3.63, 3.8) is 0 Å². The number of urea groups is 1. The van der Waals surface area contributed by atoms with E-state index in [1.807, 2.05) is 4.90 Å². The number of nitrogens with zero attached hydrogens (tertiary/aromatic N) is 1. The molecule has 0 aromatic carbocycles. The second-order valence-corrected chi connectivity index (χ2v) is 4.62. The number of hydrogen-bond acceptors (Lipinski definition) is 2. The van der Waals surface area contributed by atoms with Gasteiger partial charge < -0.3 is 4.90 Å². The largest absolute Gasteiger partial charge is 0.341 e. The number of hydroxylamine groups is 1. The fourth-order valence-electron chi connectivity index (χ4n) is 1.78. The van der Waals surface area contributed by atoms with Crippen molar-refractivity contribution in [1.29, 1.82) is 0 Å². The number of amides is 2. The highest BCUT2D eigenvalue weighted by molar-refractivity contribution is 5.72. The molecule has 4 heteroatoms. The SMILES string of the molecule is CONC(=O)N1CCCC(C)(C)CC1. The summed E-state index contributed by atoms with van der Waals surface area (Å²) in [4.78, 5) is 17.9. The summed E-state index contributed by atoms with van der Waals surface area (Å²) in [7, 11) is 1.46. The minimum absolute atomic E-state index is 0.120. The Kier molecular flexibility index (Phi) is 3.75. The molecule has 0 aromatic rings. The second kappa shape index (κ2) is 4.64. The minimum atomic E-state index is -0.120. The number of hydrogen-bond donors (Lipinski definition) is 1. The molecular weight excluding hydrogens is 180 g/mol. The summed E-state index contributed by atoms with van der Waals surface area (Å²) in [5, 5.41) is 0. The smallest absolute Gasteiger partial charge is 0.323 e. The molecule has 0 saturated carbocycles. The van der Waals surface area contributed by atoms with Gasteiger partial charge in [0, 0.05) is 13.1 Å². The predicted octanol–water partition coefficient (Wildman–Crippen LogP) is 1.77. The number of carbonyl (C=O) groups is 1. The Hall–Kier alpha value is -0.770. The van der Waals surface area contributed by atoms with Gasteiger partial charge in [0.1, 0.15) is 0 Å². The van der Waals surface area contributed by atoms with Crippen LogP contribution in [0.15, 0.2) is 0 Å². The van der Waals surface area contributed by atoms with Gasteiger partial charge in [-0.25, -0.2) is 10.3 Å². The third kappa shape index (κ3) is 3.18. The molecule has 0 atom stereocenters. The van der Waals surface area contributed by atoms with Gasteiger partial charge in [-0.2, -0.15) is 0 Å². The van der Waals surface area contributed by atoms with E-state index in [0.717, 1.165) is 25.9 Å².